The van der Waals surface area contributed by atoms with Crippen molar-refractivity contribution in [1.29, 1.82) is 0 Å². The van der Waals surface area contributed by atoms with E-state index in [1.807, 2.05) is 77.7 Å². The van der Waals surface area contributed by atoms with Crippen LogP contribution in [0.5, 0.6) is 5.75 Å². The van der Waals surface area contributed by atoms with Gasteiger partial charge in [0.2, 0.25) is 5.91 Å². The van der Waals surface area contributed by atoms with Crippen LogP contribution >= 0.6 is 0 Å². The summed E-state index contributed by atoms with van der Waals surface area (Å²) < 4.78 is 12.0. The second-order valence-corrected chi connectivity index (χ2v) is 9.82. The van der Waals surface area contributed by atoms with Crippen LogP contribution in [0.1, 0.15) is 27.4 Å². The van der Waals surface area contributed by atoms with E-state index in [2.05, 4.69) is 11.0 Å². The molecule has 6 rings (SSSR count). The lowest BCUT2D eigenvalue weighted by Gasteiger charge is -2.48. The molecule has 2 fully saturated rings. The van der Waals surface area contributed by atoms with Crippen molar-refractivity contribution in [3.8, 4) is 5.75 Å². The molecule has 3 aromatic carbocycles. The lowest BCUT2D eigenvalue weighted by atomic mass is 9.76. The van der Waals surface area contributed by atoms with E-state index in [1.165, 1.54) is 0 Å². The SMILES string of the molecule is COc1ccccc1N1CCN(C(=O)[C@H]2c3ccccc3C(=O)N3CCO[C@]23Cc2ccccc2)CC1. The number of hydrogen-bond acceptors (Lipinski definition) is 5. The third-order valence-corrected chi connectivity index (χ3v) is 7.89. The van der Waals surface area contributed by atoms with Crippen LogP contribution in [0.2, 0.25) is 0 Å². The Kier molecular flexibility index (Phi) is 6.08. The molecule has 0 unspecified atom stereocenters. The van der Waals surface area contributed by atoms with Crippen molar-refractivity contribution >= 4 is 17.5 Å². The maximum atomic E-state index is 14.4. The van der Waals surface area contributed by atoms with Crippen LogP contribution in [0.15, 0.2) is 78.9 Å². The standard InChI is InChI=1S/C30H31N3O4/c1-36-26-14-8-7-13-25(26)31-15-17-32(18-16-31)29(35)27-23-11-5-6-12-24(23)28(34)33-19-20-37-30(27,33)21-22-9-3-2-4-10-22/h2-14,27H,15-21H2,1H3/t27-,30-/m1/s1. The van der Waals surface area contributed by atoms with E-state index in [4.69, 9.17) is 9.47 Å². The molecule has 0 aliphatic carbocycles. The number of carbonyl (C=O) groups excluding carboxylic acids is 2. The number of ether oxygens (including phenoxy) is 2. The predicted molar refractivity (Wildman–Crippen MR) is 141 cm³/mol. The Morgan fingerprint density at radius 1 is 0.919 bits per heavy atom. The highest BCUT2D eigenvalue weighted by Crippen LogP contribution is 2.47. The van der Waals surface area contributed by atoms with Gasteiger partial charge >= 0.3 is 0 Å². The van der Waals surface area contributed by atoms with Gasteiger partial charge in [-0.1, -0.05) is 60.7 Å². The minimum Gasteiger partial charge on any atom is -0.495 e. The summed E-state index contributed by atoms with van der Waals surface area (Å²) in [5.41, 5.74) is 2.40. The van der Waals surface area contributed by atoms with E-state index < -0.39 is 11.6 Å². The van der Waals surface area contributed by atoms with Gasteiger partial charge in [-0.25, -0.2) is 0 Å². The average Bonchev–Trinajstić information content (AvgIpc) is 3.38. The Morgan fingerprint density at radius 3 is 2.41 bits per heavy atom. The number of rotatable bonds is 5. The summed E-state index contributed by atoms with van der Waals surface area (Å²) in [5, 5.41) is 0. The molecule has 0 spiro atoms. The molecule has 3 aliphatic rings. The zero-order valence-corrected chi connectivity index (χ0v) is 21.0. The number of benzene rings is 3. The van der Waals surface area contributed by atoms with Crippen LogP contribution in [0.3, 0.4) is 0 Å². The van der Waals surface area contributed by atoms with Gasteiger partial charge in [-0.05, 0) is 29.3 Å². The van der Waals surface area contributed by atoms with Crippen molar-refractivity contribution in [2.75, 3.05) is 51.3 Å². The summed E-state index contributed by atoms with van der Waals surface area (Å²) >= 11 is 0. The molecule has 3 aromatic rings. The van der Waals surface area contributed by atoms with Crippen LogP contribution in [-0.2, 0) is 16.0 Å². The summed E-state index contributed by atoms with van der Waals surface area (Å²) in [6, 6.07) is 25.5. The fourth-order valence-corrected chi connectivity index (χ4v) is 6.13. The van der Waals surface area contributed by atoms with Crippen LogP contribution in [-0.4, -0.2) is 73.8 Å². The molecule has 2 saturated heterocycles. The molecule has 3 heterocycles. The van der Waals surface area contributed by atoms with Gasteiger partial charge in [0.1, 0.15) is 11.7 Å². The predicted octanol–water partition coefficient (Wildman–Crippen LogP) is 3.55. The van der Waals surface area contributed by atoms with Gasteiger partial charge < -0.3 is 24.2 Å². The summed E-state index contributed by atoms with van der Waals surface area (Å²) in [7, 11) is 1.68. The number of methoxy groups -OCH3 is 1. The first-order chi connectivity index (χ1) is 18.1. The molecule has 2 atom stereocenters. The van der Waals surface area contributed by atoms with E-state index in [1.54, 1.807) is 12.0 Å². The molecule has 7 nitrogen and oxygen atoms in total. The fourth-order valence-electron chi connectivity index (χ4n) is 6.13. The number of amides is 2. The highest BCUT2D eigenvalue weighted by atomic mass is 16.5. The van der Waals surface area contributed by atoms with Crippen LogP contribution < -0.4 is 9.64 Å². The van der Waals surface area contributed by atoms with Crippen molar-refractivity contribution < 1.29 is 19.1 Å². The van der Waals surface area contributed by atoms with Crippen molar-refractivity contribution in [3.63, 3.8) is 0 Å². The Balaban J connectivity index is 1.33. The normalized spacial score (nSPS) is 23.0. The van der Waals surface area contributed by atoms with Gasteiger partial charge in [-0.15, -0.1) is 0 Å². The van der Waals surface area contributed by atoms with E-state index in [-0.39, 0.29) is 11.8 Å². The Labute approximate surface area is 217 Å². The van der Waals surface area contributed by atoms with Gasteiger partial charge in [0, 0.05) is 44.7 Å². The molecule has 37 heavy (non-hydrogen) atoms. The van der Waals surface area contributed by atoms with E-state index in [9.17, 15) is 9.59 Å². The highest BCUT2D eigenvalue weighted by Gasteiger charge is 2.59. The van der Waals surface area contributed by atoms with Crippen molar-refractivity contribution in [3.05, 3.63) is 95.6 Å². The van der Waals surface area contributed by atoms with E-state index in [0.29, 0.717) is 51.3 Å². The van der Waals surface area contributed by atoms with Gasteiger partial charge in [-0.2, -0.15) is 0 Å². The number of piperazine rings is 1. The molecular formula is C30H31N3O4. The van der Waals surface area contributed by atoms with Crippen molar-refractivity contribution in [2.45, 2.75) is 18.1 Å². The number of nitrogens with zero attached hydrogens (tertiary/aromatic N) is 3. The fraction of sp³-hybridized carbons (Fsp3) is 0.333. The second-order valence-electron chi connectivity index (χ2n) is 9.82. The Hall–Kier alpha value is -3.84. The number of fused-ring (bicyclic) bond motifs is 2. The average molecular weight is 498 g/mol. The zero-order chi connectivity index (χ0) is 25.4. The molecule has 0 aromatic heterocycles. The Bertz CT molecular complexity index is 1300. The lowest BCUT2D eigenvalue weighted by molar-refractivity contribution is -0.150. The molecule has 190 valence electrons. The lowest BCUT2D eigenvalue weighted by Crippen LogP contribution is -2.62. The quantitative estimate of drug-likeness (QED) is 0.540. The number of hydrogen-bond donors (Lipinski definition) is 0. The summed E-state index contributed by atoms with van der Waals surface area (Å²) in [6.07, 6.45) is 0.464. The van der Waals surface area contributed by atoms with Crippen LogP contribution in [0.4, 0.5) is 5.69 Å². The minimum atomic E-state index is -1.04. The topological polar surface area (TPSA) is 62.3 Å². The van der Waals surface area contributed by atoms with Gasteiger partial charge in [-0.3, -0.25) is 9.59 Å². The summed E-state index contributed by atoms with van der Waals surface area (Å²) in [5.74, 6) is 0.192. The summed E-state index contributed by atoms with van der Waals surface area (Å²) in [6.45, 7) is 3.48. The molecule has 7 heteroatoms. The van der Waals surface area contributed by atoms with Gasteiger partial charge in [0.05, 0.1) is 19.4 Å². The highest BCUT2D eigenvalue weighted by molar-refractivity contribution is 6.02. The third kappa shape index (κ3) is 3.94. The number of anilines is 1. The molecule has 0 radical (unpaired) electrons. The number of carbonyl (C=O) groups is 2. The molecule has 0 N–H and O–H groups in total. The second kappa shape index (κ2) is 9.56. The largest absolute Gasteiger partial charge is 0.495 e. The molecule has 0 saturated carbocycles. The summed E-state index contributed by atoms with van der Waals surface area (Å²) in [4.78, 5) is 34.0. The van der Waals surface area contributed by atoms with Crippen LogP contribution in [0, 0.1) is 0 Å². The van der Waals surface area contributed by atoms with E-state index in [0.717, 1.165) is 22.6 Å². The zero-order valence-electron chi connectivity index (χ0n) is 21.0. The van der Waals surface area contributed by atoms with Crippen molar-refractivity contribution in [2.24, 2.45) is 0 Å². The molecule has 0 bridgehead atoms. The third-order valence-electron chi connectivity index (χ3n) is 7.89. The maximum absolute atomic E-state index is 14.4. The minimum absolute atomic E-state index is 0.0162. The molecular weight excluding hydrogens is 466 g/mol. The Morgan fingerprint density at radius 2 is 1.62 bits per heavy atom. The van der Waals surface area contributed by atoms with Crippen molar-refractivity contribution in [1.82, 2.24) is 9.80 Å². The van der Waals surface area contributed by atoms with E-state index >= 15 is 0 Å². The molecule has 2 amide bonds. The van der Waals surface area contributed by atoms with Gasteiger partial charge in [0.25, 0.3) is 5.91 Å². The first-order valence-corrected chi connectivity index (χ1v) is 12.9. The monoisotopic (exact) mass is 497 g/mol. The van der Waals surface area contributed by atoms with Crippen LogP contribution in [0.25, 0.3) is 0 Å². The van der Waals surface area contributed by atoms with Gasteiger partial charge in [0.15, 0.2) is 5.72 Å². The smallest absolute Gasteiger partial charge is 0.256 e. The first-order valence-electron chi connectivity index (χ1n) is 12.9. The molecule has 3 aliphatic heterocycles. The number of para-hydroxylation sites is 2. The maximum Gasteiger partial charge on any atom is 0.256 e. The first kappa shape index (κ1) is 23.6.